The zero-order chi connectivity index (χ0) is 15.9. The number of hydrogen-bond donors (Lipinski definition) is 1. The summed E-state index contributed by atoms with van der Waals surface area (Å²) in [5.41, 5.74) is 0.294. The van der Waals surface area contributed by atoms with Crippen LogP contribution in [0, 0.1) is 0 Å². The fraction of sp³-hybridized carbons (Fsp3) is 0.643. The lowest BCUT2D eigenvalue weighted by atomic mass is 10.1. The third kappa shape index (κ3) is 2.54. The Morgan fingerprint density at radius 3 is 2.50 bits per heavy atom. The Kier molecular flexibility index (Phi) is 4.22. The first kappa shape index (κ1) is 15.5. The summed E-state index contributed by atoms with van der Waals surface area (Å²) in [6, 6.07) is 0. The summed E-state index contributed by atoms with van der Waals surface area (Å²) in [6.07, 6.45) is 3.87. The van der Waals surface area contributed by atoms with Gasteiger partial charge < -0.3 is 9.47 Å². The molecule has 0 bridgehead atoms. The minimum atomic E-state index is -0.351. The van der Waals surface area contributed by atoms with Gasteiger partial charge in [0.1, 0.15) is 0 Å². The molecule has 2 aromatic rings. The number of aryl methyl sites for hydroxylation is 1. The highest BCUT2D eigenvalue weighted by atomic mass is 79.9. The van der Waals surface area contributed by atoms with Crippen LogP contribution in [0.15, 0.2) is 14.3 Å². The number of aromatic nitrogens is 4. The fourth-order valence-electron chi connectivity index (χ4n) is 3.20. The Labute approximate surface area is 136 Å². The molecular formula is C14H21BrN5O2+. The predicted molar refractivity (Wildman–Crippen MR) is 87.3 cm³/mol. The summed E-state index contributed by atoms with van der Waals surface area (Å²) in [7, 11) is 3.15. The van der Waals surface area contributed by atoms with Crippen molar-refractivity contribution in [2.45, 2.75) is 25.8 Å². The first-order valence-electron chi connectivity index (χ1n) is 7.66. The van der Waals surface area contributed by atoms with E-state index in [4.69, 9.17) is 0 Å². The normalized spacial score (nSPS) is 16.5. The summed E-state index contributed by atoms with van der Waals surface area (Å²) in [6.45, 7) is 4.08. The van der Waals surface area contributed by atoms with Gasteiger partial charge >= 0.3 is 5.69 Å². The molecule has 120 valence electrons. The molecule has 0 aromatic carbocycles. The SMILES string of the molecule is Cn1c(=O)c2c(nc(Br)n2CC[NH+]2CCCCC2)n(C)c1=O. The van der Waals surface area contributed by atoms with Crippen LogP contribution in [-0.2, 0) is 20.6 Å². The van der Waals surface area contributed by atoms with Crippen molar-refractivity contribution in [3.63, 3.8) is 0 Å². The van der Waals surface area contributed by atoms with E-state index in [9.17, 15) is 9.59 Å². The summed E-state index contributed by atoms with van der Waals surface area (Å²) in [5, 5.41) is 0. The van der Waals surface area contributed by atoms with Gasteiger partial charge in [-0.05, 0) is 35.2 Å². The smallest absolute Gasteiger partial charge is 0.332 e. The minimum absolute atomic E-state index is 0.287. The van der Waals surface area contributed by atoms with E-state index in [1.165, 1.54) is 44.0 Å². The van der Waals surface area contributed by atoms with Crippen LogP contribution in [0.3, 0.4) is 0 Å². The molecule has 1 aliphatic rings. The van der Waals surface area contributed by atoms with E-state index in [0.717, 1.165) is 17.7 Å². The predicted octanol–water partition coefficient (Wildman–Crippen LogP) is -0.735. The first-order chi connectivity index (χ1) is 10.5. The largest absolute Gasteiger partial charge is 0.333 e. The maximum Gasteiger partial charge on any atom is 0.332 e. The highest BCUT2D eigenvalue weighted by Gasteiger charge is 2.20. The maximum atomic E-state index is 12.4. The standard InChI is InChI=1S/C14H20BrN5O2/c1-17-11-10(12(21)18(2)14(17)22)20(13(15)16-11)9-8-19-6-4-3-5-7-19/h3-9H2,1-2H3/p+1. The number of nitrogens with one attached hydrogen (secondary N) is 1. The minimum Gasteiger partial charge on any atom is -0.333 e. The highest BCUT2D eigenvalue weighted by Crippen LogP contribution is 2.15. The van der Waals surface area contributed by atoms with Crippen LogP contribution in [0.2, 0.25) is 0 Å². The summed E-state index contributed by atoms with van der Waals surface area (Å²) >= 11 is 3.43. The van der Waals surface area contributed by atoms with E-state index in [0.29, 0.717) is 15.9 Å². The zero-order valence-electron chi connectivity index (χ0n) is 12.9. The van der Waals surface area contributed by atoms with Crippen LogP contribution in [0.25, 0.3) is 11.2 Å². The van der Waals surface area contributed by atoms with E-state index in [2.05, 4.69) is 20.9 Å². The molecular weight excluding hydrogens is 350 g/mol. The van der Waals surface area contributed by atoms with Gasteiger partial charge in [-0.25, -0.2) is 9.78 Å². The van der Waals surface area contributed by atoms with E-state index in [1.54, 1.807) is 11.9 Å². The second-order valence-corrected chi connectivity index (χ2v) is 6.68. The number of nitrogens with zero attached hydrogens (tertiary/aromatic N) is 4. The molecule has 0 spiro atoms. The van der Waals surface area contributed by atoms with Crippen LogP contribution in [0.1, 0.15) is 19.3 Å². The number of piperidine rings is 1. The highest BCUT2D eigenvalue weighted by molar-refractivity contribution is 9.10. The van der Waals surface area contributed by atoms with E-state index < -0.39 is 0 Å². The molecule has 1 aliphatic heterocycles. The number of halogens is 1. The molecule has 2 aromatic heterocycles. The average molecular weight is 371 g/mol. The van der Waals surface area contributed by atoms with Crippen molar-refractivity contribution < 1.29 is 4.90 Å². The summed E-state index contributed by atoms with van der Waals surface area (Å²) in [5.74, 6) is 0. The van der Waals surface area contributed by atoms with Gasteiger partial charge in [0.15, 0.2) is 15.9 Å². The monoisotopic (exact) mass is 370 g/mol. The first-order valence-corrected chi connectivity index (χ1v) is 8.45. The Balaban J connectivity index is 2.00. The lowest BCUT2D eigenvalue weighted by molar-refractivity contribution is -0.905. The number of hydrogen-bond acceptors (Lipinski definition) is 3. The van der Waals surface area contributed by atoms with Gasteiger partial charge in [-0.2, -0.15) is 0 Å². The van der Waals surface area contributed by atoms with Crippen molar-refractivity contribution in [3.05, 3.63) is 25.6 Å². The van der Waals surface area contributed by atoms with E-state index in [-0.39, 0.29) is 11.2 Å². The molecule has 8 heteroatoms. The lowest BCUT2D eigenvalue weighted by Gasteiger charge is -2.23. The van der Waals surface area contributed by atoms with Crippen molar-refractivity contribution in [1.29, 1.82) is 0 Å². The van der Waals surface area contributed by atoms with Crippen molar-refractivity contribution in [2.75, 3.05) is 19.6 Å². The Bertz CT molecular complexity index is 813. The van der Waals surface area contributed by atoms with Gasteiger partial charge in [-0.15, -0.1) is 0 Å². The molecule has 0 saturated carbocycles. The molecule has 3 heterocycles. The molecule has 0 unspecified atom stereocenters. The Morgan fingerprint density at radius 2 is 1.82 bits per heavy atom. The molecule has 22 heavy (non-hydrogen) atoms. The Hall–Kier alpha value is -1.41. The third-order valence-corrected chi connectivity index (χ3v) is 5.16. The van der Waals surface area contributed by atoms with Crippen LogP contribution >= 0.6 is 15.9 Å². The second-order valence-electron chi connectivity index (χ2n) is 5.97. The second kappa shape index (κ2) is 6.00. The van der Waals surface area contributed by atoms with Gasteiger partial charge in [0, 0.05) is 14.1 Å². The lowest BCUT2D eigenvalue weighted by Crippen LogP contribution is -3.13. The van der Waals surface area contributed by atoms with Crippen molar-refractivity contribution >= 4 is 27.1 Å². The van der Waals surface area contributed by atoms with Crippen molar-refractivity contribution in [3.8, 4) is 0 Å². The molecule has 0 aliphatic carbocycles. The van der Waals surface area contributed by atoms with Crippen LogP contribution in [0.4, 0.5) is 0 Å². The topological polar surface area (TPSA) is 66.3 Å². The Morgan fingerprint density at radius 1 is 1.14 bits per heavy atom. The fourth-order valence-corrected chi connectivity index (χ4v) is 3.72. The van der Waals surface area contributed by atoms with Gasteiger partial charge in [-0.1, -0.05) is 0 Å². The number of likely N-dealkylation sites (tertiary alicyclic amines) is 1. The van der Waals surface area contributed by atoms with Crippen LogP contribution in [0.5, 0.6) is 0 Å². The molecule has 7 nitrogen and oxygen atoms in total. The molecule has 0 amide bonds. The summed E-state index contributed by atoms with van der Waals surface area (Å²) in [4.78, 5) is 30.4. The molecule has 0 atom stereocenters. The third-order valence-electron chi connectivity index (χ3n) is 4.55. The van der Waals surface area contributed by atoms with Gasteiger partial charge in [0.25, 0.3) is 5.56 Å². The average Bonchev–Trinajstić information content (AvgIpc) is 2.86. The number of fused-ring (bicyclic) bond motifs is 1. The molecule has 1 saturated heterocycles. The number of imidazole rings is 1. The molecule has 1 N–H and O–H groups in total. The molecule has 1 fully saturated rings. The van der Waals surface area contributed by atoms with Crippen molar-refractivity contribution in [1.82, 2.24) is 18.7 Å². The van der Waals surface area contributed by atoms with Gasteiger partial charge in [0.2, 0.25) is 0 Å². The zero-order valence-corrected chi connectivity index (χ0v) is 14.5. The molecule has 3 rings (SSSR count). The quantitative estimate of drug-likeness (QED) is 0.724. The maximum absolute atomic E-state index is 12.4. The van der Waals surface area contributed by atoms with E-state index in [1.807, 2.05) is 4.57 Å². The van der Waals surface area contributed by atoms with E-state index >= 15 is 0 Å². The van der Waals surface area contributed by atoms with Crippen LogP contribution in [-0.4, -0.2) is 38.3 Å². The van der Waals surface area contributed by atoms with Gasteiger partial charge in [-0.3, -0.25) is 13.9 Å². The van der Waals surface area contributed by atoms with Gasteiger partial charge in [0.05, 0.1) is 26.2 Å². The molecule has 0 radical (unpaired) electrons. The summed E-state index contributed by atoms with van der Waals surface area (Å²) < 4.78 is 5.06. The number of quaternary nitrogens is 1. The number of rotatable bonds is 3. The van der Waals surface area contributed by atoms with Crippen molar-refractivity contribution in [2.24, 2.45) is 14.1 Å². The van der Waals surface area contributed by atoms with Crippen LogP contribution < -0.4 is 16.1 Å².